The summed E-state index contributed by atoms with van der Waals surface area (Å²) in [6, 6.07) is 6.30. The molecule has 0 fully saturated rings. The largest absolute Gasteiger partial charge is 0.310 e. The number of benzene rings is 1. The maximum absolute atomic E-state index is 5.98. The van der Waals surface area contributed by atoms with E-state index in [1.165, 1.54) is 5.56 Å². The minimum Gasteiger partial charge on any atom is -0.310 e. The van der Waals surface area contributed by atoms with Crippen LogP contribution in [0, 0.1) is 11.8 Å². The first kappa shape index (κ1) is 15.6. The predicted octanol–water partition coefficient (Wildman–Crippen LogP) is 4.95. The summed E-state index contributed by atoms with van der Waals surface area (Å²) in [6.07, 6.45) is 3.05. The molecule has 1 aromatic rings. The molecule has 0 amide bonds. The van der Waals surface area contributed by atoms with Gasteiger partial charge < -0.3 is 5.32 Å². The molecule has 1 N–H and O–H groups in total. The third kappa shape index (κ3) is 5.02. The number of rotatable bonds is 6. The zero-order chi connectivity index (χ0) is 13.4. The highest BCUT2D eigenvalue weighted by Gasteiger charge is 2.13. The molecule has 0 heterocycles. The third-order valence-electron chi connectivity index (χ3n) is 2.71. The lowest BCUT2D eigenvalue weighted by Crippen LogP contribution is -2.22. The zero-order valence-electron chi connectivity index (χ0n) is 10.9. The third-order valence-corrected chi connectivity index (χ3v) is 3.64. The first-order valence-corrected chi connectivity index (χ1v) is 7.44. The second-order valence-corrected chi connectivity index (χ2v) is 5.43. The van der Waals surface area contributed by atoms with Crippen LogP contribution in [-0.4, -0.2) is 6.54 Å². The Kier molecular flexibility index (Phi) is 7.42. The molecule has 0 bridgehead atoms. The zero-order valence-corrected chi connectivity index (χ0v) is 13.2. The molecule has 0 radical (unpaired) electrons. The van der Waals surface area contributed by atoms with Gasteiger partial charge in [-0.25, -0.2) is 0 Å². The summed E-state index contributed by atoms with van der Waals surface area (Å²) in [5.74, 6) is 6.07. The molecule has 1 nitrogen and oxygen atoms in total. The van der Waals surface area contributed by atoms with E-state index in [1.807, 2.05) is 19.1 Å². The Morgan fingerprint density at radius 2 is 2.22 bits per heavy atom. The summed E-state index contributed by atoms with van der Waals surface area (Å²) in [7, 11) is 0. The van der Waals surface area contributed by atoms with Crippen LogP contribution in [0.4, 0.5) is 0 Å². The van der Waals surface area contributed by atoms with Gasteiger partial charge in [0.05, 0.1) is 0 Å². The Labute approximate surface area is 123 Å². The van der Waals surface area contributed by atoms with Gasteiger partial charge in [-0.15, -0.1) is 11.8 Å². The van der Waals surface area contributed by atoms with Gasteiger partial charge in [-0.2, -0.15) is 0 Å². The molecule has 0 aliphatic rings. The molecule has 1 atom stereocenters. The van der Waals surface area contributed by atoms with E-state index < -0.39 is 0 Å². The van der Waals surface area contributed by atoms with Gasteiger partial charge in [0.1, 0.15) is 0 Å². The second kappa shape index (κ2) is 8.58. The Morgan fingerprint density at radius 1 is 1.44 bits per heavy atom. The molecule has 3 heteroatoms. The lowest BCUT2D eigenvalue weighted by Gasteiger charge is -2.19. The van der Waals surface area contributed by atoms with Crippen molar-refractivity contribution in [1.29, 1.82) is 0 Å². The molecule has 0 aromatic heterocycles. The maximum Gasteiger partial charge on any atom is 0.0417 e. The maximum atomic E-state index is 5.98. The SMILES string of the molecule is CC#CCCC(NCCC)c1ccc(Cl)cc1Br. The van der Waals surface area contributed by atoms with Gasteiger partial charge in [-0.05, 0) is 44.0 Å². The van der Waals surface area contributed by atoms with Gasteiger partial charge in [-0.3, -0.25) is 0 Å². The fraction of sp³-hybridized carbons (Fsp3) is 0.467. The van der Waals surface area contributed by atoms with E-state index in [4.69, 9.17) is 11.6 Å². The van der Waals surface area contributed by atoms with Crippen molar-refractivity contribution in [2.24, 2.45) is 0 Å². The molecule has 0 spiro atoms. The van der Waals surface area contributed by atoms with Crippen molar-refractivity contribution in [1.82, 2.24) is 5.32 Å². The Morgan fingerprint density at radius 3 is 2.83 bits per heavy atom. The minimum absolute atomic E-state index is 0.331. The van der Waals surface area contributed by atoms with Crippen LogP contribution in [0.3, 0.4) is 0 Å². The van der Waals surface area contributed by atoms with Crippen LogP contribution < -0.4 is 5.32 Å². The predicted molar refractivity (Wildman–Crippen MR) is 82.9 cm³/mol. The highest BCUT2D eigenvalue weighted by atomic mass is 79.9. The van der Waals surface area contributed by atoms with E-state index in [9.17, 15) is 0 Å². The molecule has 0 saturated carbocycles. The van der Waals surface area contributed by atoms with Crippen molar-refractivity contribution in [2.75, 3.05) is 6.54 Å². The molecule has 1 aromatic carbocycles. The van der Waals surface area contributed by atoms with Gasteiger partial charge in [0.25, 0.3) is 0 Å². The topological polar surface area (TPSA) is 12.0 Å². The average Bonchev–Trinajstić information content (AvgIpc) is 2.34. The molecule has 1 unspecified atom stereocenters. The number of hydrogen-bond donors (Lipinski definition) is 1. The van der Waals surface area contributed by atoms with Crippen LogP contribution in [0.1, 0.15) is 44.7 Å². The van der Waals surface area contributed by atoms with E-state index in [-0.39, 0.29) is 0 Å². The van der Waals surface area contributed by atoms with Gasteiger partial charge in [-0.1, -0.05) is 40.5 Å². The van der Waals surface area contributed by atoms with Crippen LogP contribution in [0.15, 0.2) is 22.7 Å². The summed E-state index contributed by atoms with van der Waals surface area (Å²) < 4.78 is 1.06. The molecule has 98 valence electrons. The fourth-order valence-corrected chi connectivity index (χ4v) is 2.77. The van der Waals surface area contributed by atoms with Crippen LogP contribution in [0.5, 0.6) is 0 Å². The van der Waals surface area contributed by atoms with Crippen molar-refractivity contribution in [2.45, 2.75) is 39.2 Å². The highest BCUT2D eigenvalue weighted by Crippen LogP contribution is 2.29. The molecular weight excluding hydrogens is 310 g/mol. The van der Waals surface area contributed by atoms with Crippen molar-refractivity contribution in [3.8, 4) is 11.8 Å². The summed E-state index contributed by atoms with van der Waals surface area (Å²) in [5.41, 5.74) is 1.26. The van der Waals surface area contributed by atoms with Crippen LogP contribution in [0.25, 0.3) is 0 Å². The monoisotopic (exact) mass is 327 g/mol. The van der Waals surface area contributed by atoms with E-state index in [0.717, 1.165) is 35.3 Å². The standard InChI is InChI=1S/C15H19BrClN/c1-3-5-6-7-15(18-10-4-2)13-9-8-12(17)11-14(13)16/h8-9,11,15,18H,4,6-7,10H2,1-2H3. The lowest BCUT2D eigenvalue weighted by atomic mass is 10.0. The molecule has 0 saturated heterocycles. The number of halogens is 2. The molecule has 18 heavy (non-hydrogen) atoms. The van der Waals surface area contributed by atoms with Crippen LogP contribution in [-0.2, 0) is 0 Å². The van der Waals surface area contributed by atoms with Gasteiger partial charge in [0, 0.05) is 22.0 Å². The lowest BCUT2D eigenvalue weighted by molar-refractivity contribution is 0.504. The summed E-state index contributed by atoms with van der Waals surface area (Å²) in [5, 5.41) is 4.32. The van der Waals surface area contributed by atoms with Crippen LogP contribution >= 0.6 is 27.5 Å². The fourth-order valence-electron chi connectivity index (χ4n) is 1.81. The number of nitrogens with one attached hydrogen (secondary N) is 1. The van der Waals surface area contributed by atoms with Crippen molar-refractivity contribution >= 4 is 27.5 Å². The van der Waals surface area contributed by atoms with Gasteiger partial charge in [0.2, 0.25) is 0 Å². The molecule has 0 aliphatic heterocycles. The van der Waals surface area contributed by atoms with Crippen molar-refractivity contribution in [3.63, 3.8) is 0 Å². The first-order valence-electron chi connectivity index (χ1n) is 6.27. The summed E-state index contributed by atoms with van der Waals surface area (Å²) >= 11 is 9.57. The van der Waals surface area contributed by atoms with E-state index in [2.05, 4.69) is 46.1 Å². The van der Waals surface area contributed by atoms with Crippen molar-refractivity contribution < 1.29 is 0 Å². The first-order chi connectivity index (χ1) is 8.69. The van der Waals surface area contributed by atoms with E-state index in [1.54, 1.807) is 0 Å². The van der Waals surface area contributed by atoms with E-state index >= 15 is 0 Å². The molecular formula is C15H19BrClN. The summed E-state index contributed by atoms with van der Waals surface area (Å²) in [6.45, 7) is 5.07. The highest BCUT2D eigenvalue weighted by molar-refractivity contribution is 9.10. The van der Waals surface area contributed by atoms with Gasteiger partial charge in [0.15, 0.2) is 0 Å². The van der Waals surface area contributed by atoms with E-state index in [0.29, 0.717) is 6.04 Å². The van der Waals surface area contributed by atoms with Crippen LogP contribution in [0.2, 0.25) is 5.02 Å². The smallest absolute Gasteiger partial charge is 0.0417 e. The number of hydrogen-bond acceptors (Lipinski definition) is 1. The quantitative estimate of drug-likeness (QED) is 0.729. The molecule has 0 aliphatic carbocycles. The summed E-state index contributed by atoms with van der Waals surface area (Å²) in [4.78, 5) is 0. The normalized spacial score (nSPS) is 11.8. The molecule has 1 rings (SSSR count). The Balaban J connectivity index is 2.81. The average molecular weight is 329 g/mol. The second-order valence-electron chi connectivity index (χ2n) is 4.14. The Hall–Kier alpha value is -0.490. The minimum atomic E-state index is 0.331. The van der Waals surface area contributed by atoms with Crippen molar-refractivity contribution in [3.05, 3.63) is 33.3 Å². The van der Waals surface area contributed by atoms with Gasteiger partial charge >= 0.3 is 0 Å². The Bertz CT molecular complexity index is 434.